The van der Waals surface area contributed by atoms with E-state index in [1.165, 1.54) is 11.1 Å². The van der Waals surface area contributed by atoms with Crippen LogP contribution in [0.5, 0.6) is 0 Å². The summed E-state index contributed by atoms with van der Waals surface area (Å²) >= 11 is 11.4. The Morgan fingerprint density at radius 1 is 1.40 bits per heavy atom. The highest BCUT2D eigenvalue weighted by molar-refractivity contribution is 7.71. The van der Waals surface area contributed by atoms with Crippen molar-refractivity contribution in [3.05, 3.63) is 45.4 Å². The lowest BCUT2D eigenvalue weighted by atomic mass is 9.72. The van der Waals surface area contributed by atoms with Crippen molar-refractivity contribution in [2.24, 2.45) is 11.3 Å². The topological polar surface area (TPSA) is 53.8 Å². The molecule has 25 heavy (non-hydrogen) atoms. The fourth-order valence-corrected chi connectivity index (χ4v) is 4.54. The van der Waals surface area contributed by atoms with Gasteiger partial charge < -0.3 is 5.11 Å². The van der Waals surface area contributed by atoms with Crippen molar-refractivity contribution in [3.8, 4) is 0 Å². The number of benzene rings is 1. The molecule has 1 saturated carbocycles. The second kappa shape index (κ2) is 6.86. The van der Waals surface area contributed by atoms with E-state index >= 15 is 0 Å². The molecule has 0 bridgehead atoms. The Morgan fingerprint density at radius 3 is 2.80 bits per heavy atom. The monoisotopic (exact) mass is 379 g/mol. The van der Waals surface area contributed by atoms with Crippen LogP contribution in [-0.2, 0) is 19.4 Å². The van der Waals surface area contributed by atoms with Gasteiger partial charge in [0.2, 0.25) is 4.77 Å². The van der Waals surface area contributed by atoms with Crippen LogP contribution in [0.25, 0.3) is 0 Å². The van der Waals surface area contributed by atoms with E-state index in [4.69, 9.17) is 23.8 Å². The second-order valence-electron chi connectivity index (χ2n) is 7.77. The van der Waals surface area contributed by atoms with Gasteiger partial charge in [-0.2, -0.15) is 0 Å². The molecule has 1 fully saturated rings. The number of rotatable bonds is 5. The first-order chi connectivity index (χ1) is 11.8. The van der Waals surface area contributed by atoms with E-state index < -0.39 is 5.60 Å². The Bertz CT molecular complexity index is 813. The number of halogens is 1. The van der Waals surface area contributed by atoms with E-state index in [0.717, 1.165) is 30.7 Å². The molecule has 0 radical (unpaired) electrons. The molecule has 2 unspecified atom stereocenters. The zero-order chi connectivity index (χ0) is 18.2. The molecular formula is C19H26ClN3OS. The van der Waals surface area contributed by atoms with E-state index in [1.807, 2.05) is 12.1 Å². The van der Waals surface area contributed by atoms with Crippen LogP contribution in [0.1, 0.15) is 44.7 Å². The predicted octanol–water partition coefficient (Wildman–Crippen LogP) is 4.57. The third-order valence-corrected chi connectivity index (χ3v) is 6.56. The normalized spacial score (nSPS) is 25.4. The molecule has 0 spiro atoms. The fourth-order valence-electron chi connectivity index (χ4n) is 4.18. The lowest BCUT2D eigenvalue weighted by molar-refractivity contribution is -0.0909. The van der Waals surface area contributed by atoms with Crippen LogP contribution < -0.4 is 0 Å². The van der Waals surface area contributed by atoms with Crippen molar-refractivity contribution in [1.29, 1.82) is 0 Å². The first kappa shape index (κ1) is 18.6. The number of aryl methyl sites for hydroxylation is 1. The predicted molar refractivity (Wildman–Crippen MR) is 103 cm³/mol. The van der Waals surface area contributed by atoms with Gasteiger partial charge in [-0.3, -0.25) is 9.78 Å². The number of nitrogens with one attached hydrogen (secondary N) is 1. The van der Waals surface area contributed by atoms with Gasteiger partial charge in [-0.25, -0.2) is 4.98 Å². The summed E-state index contributed by atoms with van der Waals surface area (Å²) in [4.78, 5) is 4.08. The molecule has 136 valence electrons. The largest absolute Gasteiger partial charge is 0.387 e. The number of nitrogens with zero attached hydrogens (tertiary/aromatic N) is 2. The average Bonchev–Trinajstić information content (AvgIpc) is 3.05. The van der Waals surface area contributed by atoms with E-state index in [0.29, 0.717) is 11.3 Å². The second-order valence-corrected chi connectivity index (χ2v) is 8.57. The summed E-state index contributed by atoms with van der Waals surface area (Å²) in [6.45, 7) is 6.88. The molecule has 1 aromatic heterocycles. The number of aliphatic hydroxyl groups is 1. The lowest BCUT2D eigenvalue weighted by Gasteiger charge is -2.41. The van der Waals surface area contributed by atoms with Crippen LogP contribution in [0.4, 0.5) is 0 Å². The Kier molecular flexibility index (Phi) is 5.11. The Labute approximate surface area is 159 Å². The third kappa shape index (κ3) is 3.42. The van der Waals surface area contributed by atoms with Crippen molar-refractivity contribution < 1.29 is 5.11 Å². The van der Waals surface area contributed by atoms with Gasteiger partial charge in [-0.1, -0.05) is 38.4 Å². The van der Waals surface area contributed by atoms with Gasteiger partial charge in [0.25, 0.3) is 0 Å². The van der Waals surface area contributed by atoms with E-state index in [1.54, 1.807) is 11.0 Å². The van der Waals surface area contributed by atoms with Crippen LogP contribution in [0.3, 0.4) is 0 Å². The van der Waals surface area contributed by atoms with E-state index in [9.17, 15) is 5.11 Å². The highest BCUT2D eigenvalue weighted by Crippen LogP contribution is 2.51. The van der Waals surface area contributed by atoms with Crippen LogP contribution in [0, 0.1) is 16.1 Å². The highest BCUT2D eigenvalue weighted by Gasteiger charge is 2.54. The molecular weight excluding hydrogens is 354 g/mol. The average molecular weight is 380 g/mol. The van der Waals surface area contributed by atoms with Gasteiger partial charge in [0.1, 0.15) is 6.33 Å². The first-order valence-electron chi connectivity index (χ1n) is 8.87. The molecule has 2 N–H and O–H groups in total. The molecule has 1 aromatic carbocycles. The molecule has 0 aliphatic heterocycles. The molecule has 2 aromatic rings. The molecule has 2 atom stereocenters. The van der Waals surface area contributed by atoms with Gasteiger partial charge in [0.05, 0.1) is 12.1 Å². The standard InChI is InChI=1S/C19H26ClN3OS/c1-4-13-10-16(20)6-5-14(13)9-15-7-8-18(2,3)19(15,24)11-23-17(25)21-12-22-23/h5-6,10,12,15,24H,4,7-9,11H2,1-3H3,(H,21,22,25). The third-order valence-electron chi connectivity index (χ3n) is 6.00. The number of hydrogen-bond donors (Lipinski definition) is 2. The summed E-state index contributed by atoms with van der Waals surface area (Å²) < 4.78 is 2.26. The summed E-state index contributed by atoms with van der Waals surface area (Å²) in [5, 5.41) is 15.5. The zero-order valence-corrected chi connectivity index (χ0v) is 16.6. The Hall–Kier alpha value is -1.17. The minimum Gasteiger partial charge on any atom is -0.387 e. The first-order valence-corrected chi connectivity index (χ1v) is 9.65. The van der Waals surface area contributed by atoms with E-state index in [-0.39, 0.29) is 11.3 Å². The SMILES string of the molecule is CCc1cc(Cl)ccc1CC1CCC(C)(C)C1(O)Cn1[nH]cnc1=S. The fraction of sp³-hybridized carbons (Fsp3) is 0.579. The molecule has 1 aliphatic carbocycles. The van der Waals surface area contributed by atoms with E-state index in [2.05, 4.69) is 36.9 Å². The minimum absolute atomic E-state index is 0.166. The van der Waals surface area contributed by atoms with Crippen LogP contribution in [0.2, 0.25) is 5.02 Å². The van der Waals surface area contributed by atoms with Gasteiger partial charge in [-0.15, -0.1) is 0 Å². The number of H-pyrrole nitrogens is 1. The molecule has 4 nitrogen and oxygen atoms in total. The number of aromatic amines is 1. The lowest BCUT2D eigenvalue weighted by Crippen LogP contribution is -2.49. The van der Waals surface area contributed by atoms with Gasteiger partial charge in [0.15, 0.2) is 0 Å². The van der Waals surface area contributed by atoms with Crippen molar-refractivity contribution in [3.63, 3.8) is 0 Å². The molecule has 6 heteroatoms. The Morgan fingerprint density at radius 2 is 2.16 bits per heavy atom. The molecule has 3 rings (SSSR count). The van der Waals surface area contributed by atoms with Gasteiger partial charge in [-0.05, 0) is 72.5 Å². The van der Waals surface area contributed by atoms with Crippen LogP contribution in [0.15, 0.2) is 24.5 Å². The smallest absolute Gasteiger partial charge is 0.215 e. The van der Waals surface area contributed by atoms with Gasteiger partial charge >= 0.3 is 0 Å². The molecule has 1 heterocycles. The number of hydrogen-bond acceptors (Lipinski definition) is 3. The minimum atomic E-state index is -0.845. The summed E-state index contributed by atoms with van der Waals surface area (Å²) in [6, 6.07) is 6.09. The Balaban J connectivity index is 1.92. The summed E-state index contributed by atoms with van der Waals surface area (Å²) in [6.07, 6.45) is 5.36. The van der Waals surface area contributed by atoms with Crippen molar-refractivity contribution in [2.75, 3.05) is 0 Å². The summed E-state index contributed by atoms with van der Waals surface area (Å²) in [5.74, 6) is 0.166. The maximum absolute atomic E-state index is 11.7. The number of aromatic nitrogens is 3. The van der Waals surface area contributed by atoms with Crippen molar-refractivity contribution in [2.45, 2.75) is 58.6 Å². The zero-order valence-electron chi connectivity index (χ0n) is 15.1. The maximum Gasteiger partial charge on any atom is 0.215 e. The van der Waals surface area contributed by atoms with Crippen molar-refractivity contribution in [1.82, 2.24) is 14.8 Å². The molecule has 1 aliphatic rings. The highest BCUT2D eigenvalue weighted by atomic mass is 35.5. The quantitative estimate of drug-likeness (QED) is 0.748. The molecule has 0 saturated heterocycles. The van der Waals surface area contributed by atoms with Crippen LogP contribution in [-0.4, -0.2) is 25.5 Å². The summed E-state index contributed by atoms with van der Waals surface area (Å²) in [5.41, 5.74) is 1.51. The van der Waals surface area contributed by atoms with Crippen LogP contribution >= 0.6 is 23.8 Å². The molecule has 0 amide bonds. The van der Waals surface area contributed by atoms with Crippen molar-refractivity contribution >= 4 is 23.8 Å². The van der Waals surface area contributed by atoms with Gasteiger partial charge in [0, 0.05) is 5.02 Å². The summed E-state index contributed by atoms with van der Waals surface area (Å²) in [7, 11) is 0. The maximum atomic E-state index is 11.7.